The number of hydrogen-bond acceptors (Lipinski definition) is 4. The summed E-state index contributed by atoms with van der Waals surface area (Å²) in [7, 11) is 0. The number of benzene rings is 2. The van der Waals surface area contributed by atoms with Gasteiger partial charge in [-0.05, 0) is 60.5 Å². The Kier molecular flexibility index (Phi) is 3.78. The van der Waals surface area contributed by atoms with Gasteiger partial charge in [-0.25, -0.2) is 9.97 Å². The zero-order valence-corrected chi connectivity index (χ0v) is 14.2. The first kappa shape index (κ1) is 15.5. The second-order valence-electron chi connectivity index (χ2n) is 5.75. The summed E-state index contributed by atoms with van der Waals surface area (Å²) in [5, 5.41) is 14.4. The minimum atomic E-state index is 0.237. The minimum Gasteiger partial charge on any atom is -0.508 e. The first-order valence-electron chi connectivity index (χ1n) is 7.77. The van der Waals surface area contributed by atoms with E-state index in [1.54, 1.807) is 12.1 Å². The molecule has 0 amide bonds. The molecule has 0 atom stereocenters. The molecule has 0 aliphatic carbocycles. The van der Waals surface area contributed by atoms with E-state index in [2.05, 4.69) is 20.3 Å². The van der Waals surface area contributed by atoms with Gasteiger partial charge < -0.3 is 15.4 Å². The number of halogens is 1. The van der Waals surface area contributed by atoms with Crippen molar-refractivity contribution in [1.29, 1.82) is 0 Å². The third kappa shape index (κ3) is 2.90. The molecule has 6 heteroatoms. The summed E-state index contributed by atoms with van der Waals surface area (Å²) in [5.41, 5.74) is 4.57. The topological polar surface area (TPSA) is 73.8 Å². The molecule has 2 heterocycles. The predicted octanol–water partition coefficient (Wildman–Crippen LogP) is 5.04. The Hall–Kier alpha value is -3.05. The first-order valence-corrected chi connectivity index (χ1v) is 8.15. The van der Waals surface area contributed by atoms with Crippen LogP contribution in [0.4, 0.5) is 11.5 Å². The number of aryl methyl sites for hydroxylation is 1. The molecule has 0 bridgehead atoms. The quantitative estimate of drug-likeness (QED) is 0.484. The fourth-order valence-corrected chi connectivity index (χ4v) is 3.08. The number of aromatic amines is 1. The Balaban J connectivity index is 1.82. The third-order valence-electron chi connectivity index (χ3n) is 4.08. The van der Waals surface area contributed by atoms with Gasteiger partial charge in [0.1, 0.15) is 23.5 Å². The molecule has 0 radical (unpaired) electrons. The maximum absolute atomic E-state index is 9.49. The molecule has 0 aliphatic heterocycles. The fourth-order valence-electron chi connectivity index (χ4n) is 2.89. The number of phenols is 1. The first-order chi connectivity index (χ1) is 12.1. The van der Waals surface area contributed by atoms with E-state index >= 15 is 0 Å². The SMILES string of the molecule is Cc1c(-c2ccc(O)cc2)[nH]c2ncnc(Nc3cccc(Cl)c3)c12. The zero-order valence-electron chi connectivity index (χ0n) is 13.4. The molecule has 2 aromatic carbocycles. The summed E-state index contributed by atoms with van der Waals surface area (Å²) in [6.45, 7) is 2.02. The molecule has 0 saturated carbocycles. The van der Waals surface area contributed by atoms with Crippen molar-refractivity contribution >= 4 is 34.1 Å². The van der Waals surface area contributed by atoms with Crippen LogP contribution < -0.4 is 5.32 Å². The van der Waals surface area contributed by atoms with E-state index in [9.17, 15) is 5.11 Å². The number of phenolic OH excluding ortho intramolecular Hbond substituents is 1. The molecule has 0 saturated heterocycles. The van der Waals surface area contributed by atoms with Crippen LogP contribution in [0.2, 0.25) is 5.02 Å². The van der Waals surface area contributed by atoms with Crippen LogP contribution in [0.5, 0.6) is 5.75 Å². The van der Waals surface area contributed by atoms with Gasteiger partial charge in [0.15, 0.2) is 0 Å². The van der Waals surface area contributed by atoms with Gasteiger partial charge in [0, 0.05) is 10.7 Å². The van der Waals surface area contributed by atoms with Crippen LogP contribution in [0.25, 0.3) is 22.3 Å². The van der Waals surface area contributed by atoms with E-state index in [-0.39, 0.29) is 5.75 Å². The van der Waals surface area contributed by atoms with Crippen molar-refractivity contribution in [2.75, 3.05) is 5.32 Å². The molecule has 0 unspecified atom stereocenters. The number of anilines is 2. The highest BCUT2D eigenvalue weighted by atomic mass is 35.5. The average molecular weight is 351 g/mol. The molecule has 2 aromatic heterocycles. The predicted molar refractivity (Wildman–Crippen MR) is 100 cm³/mol. The largest absolute Gasteiger partial charge is 0.508 e. The van der Waals surface area contributed by atoms with Crippen molar-refractivity contribution in [3.8, 4) is 17.0 Å². The molecule has 3 N–H and O–H groups in total. The van der Waals surface area contributed by atoms with E-state index in [0.29, 0.717) is 10.8 Å². The van der Waals surface area contributed by atoms with Gasteiger partial charge in [-0.1, -0.05) is 17.7 Å². The number of H-pyrrole nitrogens is 1. The molecule has 0 aliphatic rings. The smallest absolute Gasteiger partial charge is 0.143 e. The second kappa shape index (κ2) is 6.11. The molecule has 25 heavy (non-hydrogen) atoms. The number of nitrogens with one attached hydrogen (secondary N) is 2. The zero-order chi connectivity index (χ0) is 17.4. The fraction of sp³-hybridized carbons (Fsp3) is 0.0526. The molecule has 0 spiro atoms. The Morgan fingerprint density at radius 3 is 2.64 bits per heavy atom. The highest BCUT2D eigenvalue weighted by Crippen LogP contribution is 2.33. The van der Waals surface area contributed by atoms with E-state index < -0.39 is 0 Å². The summed E-state index contributed by atoms with van der Waals surface area (Å²) >= 11 is 6.06. The summed E-state index contributed by atoms with van der Waals surface area (Å²) < 4.78 is 0. The minimum absolute atomic E-state index is 0.237. The summed E-state index contributed by atoms with van der Waals surface area (Å²) in [4.78, 5) is 12.1. The third-order valence-corrected chi connectivity index (χ3v) is 4.32. The molecule has 124 valence electrons. The maximum atomic E-state index is 9.49. The highest BCUT2D eigenvalue weighted by molar-refractivity contribution is 6.30. The van der Waals surface area contributed by atoms with Crippen LogP contribution in [0, 0.1) is 6.92 Å². The molecule has 4 rings (SSSR count). The van der Waals surface area contributed by atoms with E-state index in [1.165, 1.54) is 6.33 Å². The molecular weight excluding hydrogens is 336 g/mol. The monoisotopic (exact) mass is 350 g/mol. The Bertz CT molecular complexity index is 1060. The van der Waals surface area contributed by atoms with Crippen molar-refractivity contribution in [1.82, 2.24) is 15.0 Å². The number of aromatic nitrogens is 3. The lowest BCUT2D eigenvalue weighted by atomic mass is 10.1. The van der Waals surface area contributed by atoms with Crippen molar-refractivity contribution < 1.29 is 5.11 Å². The summed E-state index contributed by atoms with van der Waals surface area (Å²) in [6.07, 6.45) is 1.52. The number of nitrogens with zero attached hydrogens (tertiary/aromatic N) is 2. The van der Waals surface area contributed by atoms with Crippen LogP contribution in [0.15, 0.2) is 54.9 Å². The number of fused-ring (bicyclic) bond motifs is 1. The molecular formula is C19H15ClN4O. The van der Waals surface area contributed by atoms with Crippen LogP contribution in [0.1, 0.15) is 5.56 Å². The van der Waals surface area contributed by atoms with Crippen molar-refractivity contribution in [2.45, 2.75) is 6.92 Å². The molecule has 4 aromatic rings. The van der Waals surface area contributed by atoms with Crippen molar-refractivity contribution in [2.24, 2.45) is 0 Å². The van der Waals surface area contributed by atoms with Gasteiger partial charge in [-0.2, -0.15) is 0 Å². The van der Waals surface area contributed by atoms with Crippen molar-refractivity contribution in [3.05, 3.63) is 65.4 Å². The Labute approximate surface area is 149 Å². The van der Waals surface area contributed by atoms with Gasteiger partial charge in [-0.3, -0.25) is 0 Å². The number of hydrogen-bond donors (Lipinski definition) is 3. The van der Waals surface area contributed by atoms with Crippen LogP contribution in [-0.4, -0.2) is 20.1 Å². The van der Waals surface area contributed by atoms with Gasteiger partial charge in [0.05, 0.1) is 11.1 Å². The summed E-state index contributed by atoms with van der Waals surface area (Å²) in [5.74, 6) is 0.951. The maximum Gasteiger partial charge on any atom is 0.143 e. The second-order valence-corrected chi connectivity index (χ2v) is 6.19. The standard InChI is InChI=1S/C19H15ClN4O/c1-11-16-18(23-14-4-2-3-13(20)9-14)21-10-22-19(16)24-17(11)12-5-7-15(25)8-6-12/h2-10,25H,1H3,(H2,21,22,23,24). The van der Waals surface area contributed by atoms with Gasteiger partial charge in [-0.15, -0.1) is 0 Å². The van der Waals surface area contributed by atoms with E-state index in [0.717, 1.165) is 33.5 Å². The Morgan fingerprint density at radius 1 is 1.08 bits per heavy atom. The van der Waals surface area contributed by atoms with E-state index in [4.69, 9.17) is 11.6 Å². The van der Waals surface area contributed by atoms with Crippen molar-refractivity contribution in [3.63, 3.8) is 0 Å². The van der Waals surface area contributed by atoms with Crippen LogP contribution in [0.3, 0.4) is 0 Å². The average Bonchev–Trinajstić information content (AvgIpc) is 2.94. The lowest BCUT2D eigenvalue weighted by Gasteiger charge is -2.07. The lowest BCUT2D eigenvalue weighted by molar-refractivity contribution is 0.475. The van der Waals surface area contributed by atoms with Gasteiger partial charge in [0.2, 0.25) is 0 Å². The van der Waals surface area contributed by atoms with Crippen LogP contribution >= 0.6 is 11.6 Å². The number of aromatic hydroxyl groups is 1. The lowest BCUT2D eigenvalue weighted by Crippen LogP contribution is -1.95. The molecule has 0 fully saturated rings. The summed E-state index contributed by atoms with van der Waals surface area (Å²) in [6, 6.07) is 14.5. The normalized spacial score (nSPS) is 11.0. The number of rotatable bonds is 3. The Morgan fingerprint density at radius 2 is 1.88 bits per heavy atom. The van der Waals surface area contributed by atoms with Gasteiger partial charge in [0.25, 0.3) is 0 Å². The van der Waals surface area contributed by atoms with E-state index in [1.807, 2.05) is 43.3 Å². The highest BCUT2D eigenvalue weighted by Gasteiger charge is 2.15. The van der Waals surface area contributed by atoms with Gasteiger partial charge >= 0.3 is 0 Å². The van der Waals surface area contributed by atoms with Crippen LogP contribution in [-0.2, 0) is 0 Å². The molecule has 5 nitrogen and oxygen atoms in total.